The smallest absolute Gasteiger partial charge is 0.322 e. The highest BCUT2D eigenvalue weighted by atomic mass is 32.2. The van der Waals surface area contributed by atoms with Crippen molar-refractivity contribution in [3.63, 3.8) is 0 Å². The van der Waals surface area contributed by atoms with Crippen LogP contribution in [0.5, 0.6) is 0 Å². The number of pyridine rings is 1. The second kappa shape index (κ2) is 6.64. The molecule has 7 heteroatoms. The van der Waals surface area contributed by atoms with Crippen molar-refractivity contribution in [2.24, 2.45) is 0 Å². The average Bonchev–Trinajstić information content (AvgIpc) is 2.98. The van der Waals surface area contributed by atoms with Crippen LogP contribution < -0.4 is 10.2 Å². The number of urea groups is 1. The lowest BCUT2D eigenvalue weighted by molar-refractivity contribution is 0.231. The lowest BCUT2D eigenvalue weighted by Crippen LogP contribution is -2.46. The molecule has 1 N–H and O–H groups in total. The maximum atomic E-state index is 12.7. The summed E-state index contributed by atoms with van der Waals surface area (Å²) in [6.07, 6.45) is 7.82. The molecule has 2 heterocycles. The van der Waals surface area contributed by atoms with Gasteiger partial charge in [-0.1, -0.05) is 30.3 Å². The van der Waals surface area contributed by atoms with Crippen LogP contribution >= 0.6 is 0 Å². The van der Waals surface area contributed by atoms with Gasteiger partial charge in [-0.2, -0.15) is 0 Å². The van der Waals surface area contributed by atoms with Crippen LogP contribution in [0.3, 0.4) is 0 Å². The van der Waals surface area contributed by atoms with Crippen molar-refractivity contribution in [3.8, 4) is 0 Å². The Morgan fingerprint density at radius 3 is 2.52 bits per heavy atom. The van der Waals surface area contributed by atoms with Crippen molar-refractivity contribution in [3.05, 3.63) is 54.4 Å². The summed E-state index contributed by atoms with van der Waals surface area (Å²) in [5, 5.41) is 3.13. The van der Waals surface area contributed by atoms with Crippen LogP contribution in [-0.2, 0) is 9.84 Å². The number of carbonyl (C=O) groups excluding carboxylic acids is 1. The number of hydrogen-bond acceptors (Lipinski definition) is 4. The molecule has 4 rings (SSSR count). The van der Waals surface area contributed by atoms with Gasteiger partial charge in [0.25, 0.3) is 0 Å². The number of aromatic nitrogens is 1. The fourth-order valence-electron chi connectivity index (χ4n) is 4.30. The van der Waals surface area contributed by atoms with Gasteiger partial charge >= 0.3 is 6.03 Å². The molecular weight excluding hydrogens is 362 g/mol. The van der Waals surface area contributed by atoms with E-state index in [1.807, 2.05) is 6.07 Å². The minimum absolute atomic E-state index is 0.141. The quantitative estimate of drug-likeness (QED) is 0.880. The van der Waals surface area contributed by atoms with Gasteiger partial charge in [-0.25, -0.2) is 13.2 Å². The Morgan fingerprint density at radius 2 is 1.85 bits per heavy atom. The summed E-state index contributed by atoms with van der Waals surface area (Å²) >= 11 is 0. The monoisotopic (exact) mass is 385 g/mol. The fraction of sp³-hybridized carbons (Fsp3) is 0.400. The first-order valence-corrected chi connectivity index (χ1v) is 11.1. The first kappa shape index (κ1) is 18.0. The Balaban J connectivity index is 1.54. The molecule has 0 atom stereocenters. The summed E-state index contributed by atoms with van der Waals surface area (Å²) in [5.74, 6) is 0.507. The minimum atomic E-state index is -3.44. The summed E-state index contributed by atoms with van der Waals surface area (Å²) in [6, 6.07) is 11.7. The third kappa shape index (κ3) is 3.43. The molecule has 0 unspecified atom stereocenters. The van der Waals surface area contributed by atoms with Crippen LogP contribution in [0.15, 0.2) is 53.7 Å². The largest absolute Gasteiger partial charge is 0.330 e. The molecule has 1 saturated heterocycles. The number of nitrogens with one attached hydrogen (secondary N) is 1. The Labute approximate surface area is 159 Å². The Bertz CT molecular complexity index is 951. The molecule has 0 radical (unpaired) electrons. The predicted molar refractivity (Wildman–Crippen MR) is 104 cm³/mol. The lowest BCUT2D eigenvalue weighted by Gasteiger charge is -2.36. The van der Waals surface area contributed by atoms with E-state index in [1.165, 1.54) is 28.9 Å². The van der Waals surface area contributed by atoms with E-state index in [1.54, 1.807) is 0 Å². The summed E-state index contributed by atoms with van der Waals surface area (Å²) in [6.45, 7) is 0.474. The zero-order valence-corrected chi connectivity index (χ0v) is 16.1. The van der Waals surface area contributed by atoms with Gasteiger partial charge in [-0.3, -0.25) is 9.88 Å². The van der Waals surface area contributed by atoms with Crippen molar-refractivity contribution >= 4 is 21.6 Å². The number of benzene rings is 1. The van der Waals surface area contributed by atoms with Gasteiger partial charge in [-0.05, 0) is 43.2 Å². The Hall–Kier alpha value is -2.41. The van der Waals surface area contributed by atoms with Gasteiger partial charge in [0, 0.05) is 12.5 Å². The van der Waals surface area contributed by atoms with Crippen LogP contribution in [0.25, 0.3) is 0 Å². The lowest BCUT2D eigenvalue weighted by atomic mass is 9.74. The van der Waals surface area contributed by atoms with E-state index in [2.05, 4.69) is 34.6 Å². The Kier molecular flexibility index (Phi) is 4.42. The minimum Gasteiger partial charge on any atom is -0.330 e. The number of sulfone groups is 1. The molecule has 1 saturated carbocycles. The maximum Gasteiger partial charge on any atom is 0.322 e. The van der Waals surface area contributed by atoms with Gasteiger partial charge in [0.2, 0.25) is 0 Å². The van der Waals surface area contributed by atoms with E-state index in [9.17, 15) is 13.2 Å². The number of anilines is 1. The summed E-state index contributed by atoms with van der Waals surface area (Å²) in [4.78, 5) is 18.4. The van der Waals surface area contributed by atoms with Gasteiger partial charge in [0.05, 0.1) is 28.9 Å². The highest BCUT2D eigenvalue weighted by Gasteiger charge is 2.46. The SMILES string of the molecule is CS(=O)(=O)c1ccncc1N1CC2(CCC(c3ccccc3)CC2)NC1=O. The number of nitrogens with zero attached hydrogens (tertiary/aromatic N) is 2. The molecule has 2 fully saturated rings. The number of rotatable bonds is 3. The predicted octanol–water partition coefficient (Wildman–Crippen LogP) is 3.11. The molecule has 1 aromatic heterocycles. The maximum absolute atomic E-state index is 12.7. The second-order valence-electron chi connectivity index (χ2n) is 7.60. The molecule has 0 bridgehead atoms. The van der Waals surface area contributed by atoms with E-state index in [0.29, 0.717) is 18.2 Å². The zero-order valence-electron chi connectivity index (χ0n) is 15.3. The molecule has 2 amide bonds. The standard InChI is InChI=1S/C20H23N3O3S/c1-27(25,26)18-9-12-21-13-17(18)23-14-20(22-19(23)24)10-7-16(8-11-20)15-5-3-2-4-6-15/h2-6,9,12-13,16H,7-8,10-11,14H2,1H3,(H,22,24). The van der Waals surface area contributed by atoms with Crippen LogP contribution in [0, 0.1) is 0 Å². The van der Waals surface area contributed by atoms with Gasteiger partial charge < -0.3 is 5.32 Å². The van der Waals surface area contributed by atoms with Crippen LogP contribution in [0.4, 0.5) is 10.5 Å². The van der Waals surface area contributed by atoms with Gasteiger partial charge in [-0.15, -0.1) is 0 Å². The summed E-state index contributed by atoms with van der Waals surface area (Å²) < 4.78 is 24.2. The van der Waals surface area contributed by atoms with Crippen molar-refractivity contribution in [1.82, 2.24) is 10.3 Å². The molecule has 2 aromatic rings. The molecule has 1 spiro atoms. The van der Waals surface area contributed by atoms with Crippen molar-refractivity contribution in [2.75, 3.05) is 17.7 Å². The highest BCUT2D eigenvalue weighted by Crippen LogP contribution is 2.41. The van der Waals surface area contributed by atoms with E-state index < -0.39 is 9.84 Å². The summed E-state index contributed by atoms with van der Waals surface area (Å²) in [7, 11) is -3.44. The van der Waals surface area contributed by atoms with E-state index >= 15 is 0 Å². The van der Waals surface area contributed by atoms with Crippen LogP contribution in [0.1, 0.15) is 37.2 Å². The molecule has 1 aliphatic carbocycles. The first-order valence-electron chi connectivity index (χ1n) is 9.17. The van der Waals surface area contributed by atoms with E-state index in [-0.39, 0.29) is 16.5 Å². The highest BCUT2D eigenvalue weighted by molar-refractivity contribution is 7.90. The molecule has 27 heavy (non-hydrogen) atoms. The van der Waals surface area contributed by atoms with Crippen LogP contribution in [0.2, 0.25) is 0 Å². The Morgan fingerprint density at radius 1 is 1.15 bits per heavy atom. The molecule has 6 nitrogen and oxygen atoms in total. The second-order valence-corrected chi connectivity index (χ2v) is 9.58. The third-order valence-electron chi connectivity index (χ3n) is 5.74. The fourth-order valence-corrected chi connectivity index (χ4v) is 5.16. The normalized spacial score (nSPS) is 25.6. The molecule has 1 aliphatic heterocycles. The molecule has 2 aliphatic rings. The number of amides is 2. The first-order chi connectivity index (χ1) is 12.9. The van der Waals surface area contributed by atoms with Crippen molar-refractivity contribution < 1.29 is 13.2 Å². The van der Waals surface area contributed by atoms with E-state index in [0.717, 1.165) is 31.9 Å². The van der Waals surface area contributed by atoms with Crippen LogP contribution in [-0.4, -0.2) is 37.8 Å². The van der Waals surface area contributed by atoms with Crippen molar-refractivity contribution in [1.29, 1.82) is 0 Å². The number of hydrogen-bond donors (Lipinski definition) is 1. The van der Waals surface area contributed by atoms with Gasteiger partial charge in [0.1, 0.15) is 0 Å². The average molecular weight is 385 g/mol. The topological polar surface area (TPSA) is 79.4 Å². The zero-order chi connectivity index (χ0) is 19.1. The molecule has 142 valence electrons. The van der Waals surface area contributed by atoms with E-state index in [4.69, 9.17) is 0 Å². The number of carbonyl (C=O) groups is 1. The van der Waals surface area contributed by atoms with Crippen molar-refractivity contribution in [2.45, 2.75) is 42.0 Å². The van der Waals surface area contributed by atoms with Gasteiger partial charge in [0.15, 0.2) is 9.84 Å². The summed E-state index contributed by atoms with van der Waals surface area (Å²) in [5.41, 5.74) is 1.41. The molecular formula is C20H23N3O3S. The third-order valence-corrected chi connectivity index (χ3v) is 6.89. The molecule has 1 aromatic carbocycles.